The van der Waals surface area contributed by atoms with Gasteiger partial charge in [0.2, 0.25) is 0 Å². The number of benzene rings is 2. The van der Waals surface area contributed by atoms with Crippen LogP contribution in [0.5, 0.6) is 0 Å². The number of rotatable bonds is 4. The molecular formula is C18H18N2O. The molecule has 0 amide bonds. The molecule has 21 heavy (non-hydrogen) atoms. The van der Waals surface area contributed by atoms with Crippen LogP contribution in [0.3, 0.4) is 0 Å². The fourth-order valence-corrected chi connectivity index (χ4v) is 3.06. The SMILES string of the molecule is N#Cc1ccc(CNC2(CO)CCc3ccccc32)cc1. The predicted molar refractivity (Wildman–Crippen MR) is 81.5 cm³/mol. The summed E-state index contributed by atoms with van der Waals surface area (Å²) in [6, 6.07) is 18.0. The van der Waals surface area contributed by atoms with Crippen LogP contribution in [0.4, 0.5) is 0 Å². The van der Waals surface area contributed by atoms with Crippen molar-refractivity contribution in [1.82, 2.24) is 5.32 Å². The Kier molecular flexibility index (Phi) is 3.74. The highest BCUT2D eigenvalue weighted by molar-refractivity contribution is 5.39. The summed E-state index contributed by atoms with van der Waals surface area (Å²) < 4.78 is 0. The second kappa shape index (κ2) is 5.69. The van der Waals surface area contributed by atoms with Gasteiger partial charge in [0.25, 0.3) is 0 Å². The van der Waals surface area contributed by atoms with Gasteiger partial charge < -0.3 is 10.4 Å². The van der Waals surface area contributed by atoms with Crippen LogP contribution in [-0.4, -0.2) is 11.7 Å². The Morgan fingerprint density at radius 3 is 2.62 bits per heavy atom. The first-order chi connectivity index (χ1) is 10.3. The highest BCUT2D eigenvalue weighted by atomic mass is 16.3. The van der Waals surface area contributed by atoms with E-state index in [9.17, 15) is 5.11 Å². The molecule has 1 atom stereocenters. The van der Waals surface area contributed by atoms with Crippen molar-refractivity contribution in [2.75, 3.05) is 6.61 Å². The molecule has 1 aliphatic rings. The molecule has 0 bridgehead atoms. The number of hydrogen-bond acceptors (Lipinski definition) is 3. The van der Waals surface area contributed by atoms with Gasteiger partial charge in [0, 0.05) is 6.54 Å². The molecule has 2 N–H and O–H groups in total. The number of aliphatic hydroxyl groups excluding tert-OH is 1. The van der Waals surface area contributed by atoms with Crippen molar-refractivity contribution in [2.45, 2.75) is 24.9 Å². The third-order valence-corrected chi connectivity index (χ3v) is 4.34. The van der Waals surface area contributed by atoms with Gasteiger partial charge in [-0.15, -0.1) is 0 Å². The molecule has 0 spiro atoms. The lowest BCUT2D eigenvalue weighted by Gasteiger charge is -2.30. The molecule has 0 heterocycles. The first kappa shape index (κ1) is 13.8. The normalized spacial score (nSPS) is 20.0. The molecule has 106 valence electrons. The highest BCUT2D eigenvalue weighted by Gasteiger charge is 2.37. The number of nitriles is 1. The number of fused-ring (bicyclic) bond motifs is 1. The average Bonchev–Trinajstić information content (AvgIpc) is 2.93. The Balaban J connectivity index is 1.78. The second-order valence-electron chi connectivity index (χ2n) is 5.56. The van der Waals surface area contributed by atoms with Crippen LogP contribution in [0, 0.1) is 11.3 Å². The van der Waals surface area contributed by atoms with Gasteiger partial charge in [-0.3, -0.25) is 0 Å². The van der Waals surface area contributed by atoms with Crippen LogP contribution in [0.15, 0.2) is 48.5 Å². The summed E-state index contributed by atoms with van der Waals surface area (Å²) in [5.74, 6) is 0. The zero-order valence-corrected chi connectivity index (χ0v) is 11.8. The molecule has 0 radical (unpaired) electrons. The topological polar surface area (TPSA) is 56.0 Å². The summed E-state index contributed by atoms with van der Waals surface area (Å²) in [5, 5.41) is 22.3. The van der Waals surface area contributed by atoms with Crippen LogP contribution in [-0.2, 0) is 18.5 Å². The van der Waals surface area contributed by atoms with Crippen molar-refractivity contribution in [2.24, 2.45) is 0 Å². The summed E-state index contributed by atoms with van der Waals surface area (Å²) in [6.45, 7) is 0.779. The minimum Gasteiger partial charge on any atom is -0.394 e. The third kappa shape index (κ3) is 2.56. The maximum atomic E-state index is 9.92. The molecule has 0 saturated heterocycles. The Bertz CT molecular complexity index is 672. The molecular weight excluding hydrogens is 260 g/mol. The minimum absolute atomic E-state index is 0.0975. The van der Waals surface area contributed by atoms with Gasteiger partial charge in [-0.2, -0.15) is 5.26 Å². The highest BCUT2D eigenvalue weighted by Crippen LogP contribution is 2.36. The van der Waals surface area contributed by atoms with Crippen molar-refractivity contribution < 1.29 is 5.11 Å². The summed E-state index contributed by atoms with van der Waals surface area (Å²) in [5.41, 5.74) is 3.97. The number of hydrogen-bond donors (Lipinski definition) is 2. The lowest BCUT2D eigenvalue weighted by Crippen LogP contribution is -2.43. The summed E-state index contributed by atoms with van der Waals surface area (Å²) in [7, 11) is 0. The molecule has 3 nitrogen and oxygen atoms in total. The standard InChI is InChI=1S/C18H18N2O/c19-11-14-5-7-15(8-6-14)12-20-18(13-21)10-9-16-3-1-2-4-17(16)18/h1-8,20-21H,9-10,12-13H2. The fourth-order valence-electron chi connectivity index (χ4n) is 3.06. The second-order valence-corrected chi connectivity index (χ2v) is 5.56. The van der Waals surface area contributed by atoms with Gasteiger partial charge in [0.05, 0.1) is 23.8 Å². The Morgan fingerprint density at radius 1 is 1.14 bits per heavy atom. The van der Waals surface area contributed by atoms with Crippen LogP contribution in [0.25, 0.3) is 0 Å². The van der Waals surface area contributed by atoms with Crippen LogP contribution in [0.2, 0.25) is 0 Å². The van der Waals surface area contributed by atoms with Crippen molar-refractivity contribution in [1.29, 1.82) is 5.26 Å². The lowest BCUT2D eigenvalue weighted by atomic mass is 9.92. The van der Waals surface area contributed by atoms with Crippen LogP contribution in [0.1, 0.15) is 28.7 Å². The largest absolute Gasteiger partial charge is 0.394 e. The molecule has 1 unspecified atom stereocenters. The van der Waals surface area contributed by atoms with E-state index in [-0.39, 0.29) is 12.1 Å². The zero-order valence-electron chi connectivity index (χ0n) is 11.8. The molecule has 3 rings (SSSR count). The molecule has 0 fully saturated rings. The lowest BCUT2D eigenvalue weighted by molar-refractivity contribution is 0.159. The molecule has 2 aromatic rings. The van der Waals surface area contributed by atoms with E-state index >= 15 is 0 Å². The molecule has 3 heteroatoms. The van der Waals surface area contributed by atoms with E-state index in [0.29, 0.717) is 12.1 Å². The first-order valence-electron chi connectivity index (χ1n) is 7.21. The molecule has 0 saturated carbocycles. The van der Waals surface area contributed by atoms with Crippen molar-refractivity contribution in [3.05, 3.63) is 70.8 Å². The monoisotopic (exact) mass is 278 g/mol. The van der Waals surface area contributed by atoms with E-state index in [1.54, 1.807) is 0 Å². The number of aryl methyl sites for hydroxylation is 1. The summed E-state index contributed by atoms with van der Waals surface area (Å²) in [4.78, 5) is 0. The van der Waals surface area contributed by atoms with E-state index in [0.717, 1.165) is 18.4 Å². The van der Waals surface area contributed by atoms with Gasteiger partial charge in [-0.1, -0.05) is 36.4 Å². The van der Waals surface area contributed by atoms with E-state index in [4.69, 9.17) is 5.26 Å². The van der Waals surface area contributed by atoms with Gasteiger partial charge in [-0.05, 0) is 41.7 Å². The van der Waals surface area contributed by atoms with E-state index in [1.165, 1.54) is 11.1 Å². The third-order valence-electron chi connectivity index (χ3n) is 4.34. The van der Waals surface area contributed by atoms with Gasteiger partial charge in [0.15, 0.2) is 0 Å². The Morgan fingerprint density at radius 2 is 1.90 bits per heavy atom. The molecule has 0 aliphatic heterocycles. The minimum atomic E-state index is -0.343. The molecule has 0 aromatic heterocycles. The maximum Gasteiger partial charge on any atom is 0.0991 e. The predicted octanol–water partition coefficient (Wildman–Crippen LogP) is 2.48. The maximum absolute atomic E-state index is 9.92. The smallest absolute Gasteiger partial charge is 0.0991 e. The number of nitrogens with one attached hydrogen (secondary N) is 1. The average molecular weight is 278 g/mol. The quantitative estimate of drug-likeness (QED) is 0.903. The van der Waals surface area contributed by atoms with Gasteiger partial charge >= 0.3 is 0 Å². The van der Waals surface area contributed by atoms with Crippen molar-refractivity contribution >= 4 is 0 Å². The summed E-state index contributed by atoms with van der Waals surface area (Å²) in [6.07, 6.45) is 1.91. The van der Waals surface area contributed by atoms with Gasteiger partial charge in [-0.25, -0.2) is 0 Å². The summed E-state index contributed by atoms with van der Waals surface area (Å²) >= 11 is 0. The van der Waals surface area contributed by atoms with Crippen molar-refractivity contribution in [3.63, 3.8) is 0 Å². The van der Waals surface area contributed by atoms with Crippen LogP contribution >= 0.6 is 0 Å². The molecule has 1 aliphatic carbocycles. The zero-order chi connectivity index (χ0) is 14.7. The molecule has 2 aromatic carbocycles. The Labute approximate surface area is 124 Å². The number of aliphatic hydroxyl groups is 1. The van der Waals surface area contributed by atoms with E-state index < -0.39 is 0 Å². The van der Waals surface area contributed by atoms with Crippen LogP contribution < -0.4 is 5.32 Å². The van der Waals surface area contributed by atoms with Gasteiger partial charge in [0.1, 0.15) is 0 Å². The van der Waals surface area contributed by atoms with E-state index in [2.05, 4.69) is 23.5 Å². The van der Waals surface area contributed by atoms with E-state index in [1.807, 2.05) is 36.4 Å². The van der Waals surface area contributed by atoms with Crippen molar-refractivity contribution in [3.8, 4) is 6.07 Å². The first-order valence-corrected chi connectivity index (χ1v) is 7.21. The fraction of sp³-hybridized carbons (Fsp3) is 0.278. The Hall–Kier alpha value is -2.15. The number of nitrogens with zero attached hydrogens (tertiary/aromatic N) is 1.